The van der Waals surface area contributed by atoms with Gasteiger partial charge in [0.05, 0.1) is 5.69 Å². The van der Waals surface area contributed by atoms with E-state index in [2.05, 4.69) is 193 Å². The molecule has 2 aromatic heterocycles. The maximum Gasteiger partial charge on any atom is 0.0554 e. The second kappa shape index (κ2) is 12.2. The molecular formula is C50H31NS2. The van der Waals surface area contributed by atoms with Crippen LogP contribution in [0.2, 0.25) is 0 Å². The Bertz CT molecular complexity index is 3170. The molecule has 11 rings (SSSR count). The minimum Gasteiger partial charge on any atom is -0.310 e. The molecule has 2 heterocycles. The summed E-state index contributed by atoms with van der Waals surface area (Å²) in [6.07, 6.45) is 0. The topological polar surface area (TPSA) is 3.24 Å². The van der Waals surface area contributed by atoms with Gasteiger partial charge in [0, 0.05) is 62.7 Å². The van der Waals surface area contributed by atoms with Crippen LogP contribution in [-0.2, 0) is 0 Å². The molecule has 0 spiro atoms. The molecular weight excluding hydrogens is 679 g/mol. The van der Waals surface area contributed by atoms with Gasteiger partial charge in [-0.05, 0) is 81.4 Å². The van der Waals surface area contributed by atoms with Crippen molar-refractivity contribution in [3.05, 3.63) is 188 Å². The van der Waals surface area contributed by atoms with Crippen LogP contribution in [0.3, 0.4) is 0 Å². The van der Waals surface area contributed by atoms with Crippen molar-refractivity contribution in [2.24, 2.45) is 0 Å². The molecule has 0 saturated carbocycles. The molecule has 0 radical (unpaired) electrons. The first kappa shape index (κ1) is 30.4. The van der Waals surface area contributed by atoms with Gasteiger partial charge in [0.15, 0.2) is 0 Å². The summed E-state index contributed by atoms with van der Waals surface area (Å²) in [5.74, 6) is 0. The average molecular weight is 710 g/mol. The molecule has 0 saturated heterocycles. The SMILES string of the molecule is c1ccc(-c2cccc3sc4c(-c5cc6c(sc7cccc(N(c8ccccc8)c8ccc9ccccc9c8)c76)c6ccccc56)cccc4c23)cc1. The van der Waals surface area contributed by atoms with E-state index in [1.54, 1.807) is 0 Å². The van der Waals surface area contributed by atoms with Gasteiger partial charge in [-0.1, -0.05) is 140 Å². The van der Waals surface area contributed by atoms with Gasteiger partial charge >= 0.3 is 0 Å². The quantitative estimate of drug-likeness (QED) is 0.172. The summed E-state index contributed by atoms with van der Waals surface area (Å²) < 4.78 is 5.26. The Morgan fingerprint density at radius 1 is 0.340 bits per heavy atom. The Morgan fingerprint density at radius 2 is 0.981 bits per heavy atom. The molecule has 0 amide bonds. The summed E-state index contributed by atoms with van der Waals surface area (Å²) in [5.41, 5.74) is 8.57. The highest BCUT2D eigenvalue weighted by Crippen LogP contribution is 2.50. The first-order valence-corrected chi connectivity index (χ1v) is 19.6. The van der Waals surface area contributed by atoms with Crippen LogP contribution in [0, 0.1) is 0 Å². The van der Waals surface area contributed by atoms with Gasteiger partial charge < -0.3 is 4.90 Å². The van der Waals surface area contributed by atoms with Crippen LogP contribution in [0.25, 0.3) is 84.1 Å². The van der Waals surface area contributed by atoms with Gasteiger partial charge in [-0.15, -0.1) is 22.7 Å². The summed E-state index contributed by atoms with van der Waals surface area (Å²) in [4.78, 5) is 2.44. The van der Waals surface area contributed by atoms with Gasteiger partial charge in [-0.25, -0.2) is 0 Å². The number of para-hydroxylation sites is 1. The van der Waals surface area contributed by atoms with Crippen molar-refractivity contribution in [3.63, 3.8) is 0 Å². The summed E-state index contributed by atoms with van der Waals surface area (Å²) in [6.45, 7) is 0. The van der Waals surface area contributed by atoms with Gasteiger partial charge in [-0.3, -0.25) is 0 Å². The molecule has 11 aromatic rings. The molecule has 0 aliphatic heterocycles. The van der Waals surface area contributed by atoms with Gasteiger partial charge in [-0.2, -0.15) is 0 Å². The van der Waals surface area contributed by atoms with Gasteiger partial charge in [0.2, 0.25) is 0 Å². The lowest BCUT2D eigenvalue weighted by molar-refractivity contribution is 1.31. The lowest BCUT2D eigenvalue weighted by Gasteiger charge is -2.27. The molecule has 0 N–H and O–H groups in total. The number of hydrogen-bond donors (Lipinski definition) is 0. The van der Waals surface area contributed by atoms with Crippen LogP contribution in [-0.4, -0.2) is 0 Å². The lowest BCUT2D eigenvalue weighted by atomic mass is 9.93. The number of benzene rings is 9. The van der Waals surface area contributed by atoms with E-state index in [1.807, 2.05) is 22.7 Å². The minimum atomic E-state index is 1.14. The monoisotopic (exact) mass is 709 g/mol. The molecule has 53 heavy (non-hydrogen) atoms. The van der Waals surface area contributed by atoms with Crippen LogP contribution in [0.5, 0.6) is 0 Å². The van der Waals surface area contributed by atoms with Crippen LogP contribution in [0.15, 0.2) is 188 Å². The predicted molar refractivity (Wildman–Crippen MR) is 233 cm³/mol. The summed E-state index contributed by atoms with van der Waals surface area (Å²) in [6, 6.07) is 69.0. The lowest BCUT2D eigenvalue weighted by Crippen LogP contribution is -2.10. The van der Waals surface area contributed by atoms with Gasteiger partial charge in [0.1, 0.15) is 0 Å². The van der Waals surface area contributed by atoms with Crippen LogP contribution in [0.1, 0.15) is 0 Å². The maximum atomic E-state index is 2.49. The van der Waals surface area contributed by atoms with Crippen molar-refractivity contribution in [2.45, 2.75) is 0 Å². The molecule has 0 unspecified atom stereocenters. The van der Waals surface area contributed by atoms with Crippen LogP contribution in [0.4, 0.5) is 17.1 Å². The predicted octanol–water partition coefficient (Wildman–Crippen LogP) is 15.5. The molecule has 248 valence electrons. The largest absolute Gasteiger partial charge is 0.310 e. The summed E-state index contributed by atoms with van der Waals surface area (Å²) >= 11 is 3.81. The fourth-order valence-corrected chi connectivity index (χ4v) is 10.8. The Kier molecular flexibility index (Phi) is 6.97. The van der Waals surface area contributed by atoms with E-state index < -0.39 is 0 Å². The van der Waals surface area contributed by atoms with E-state index in [0.717, 1.165) is 11.4 Å². The molecule has 9 aromatic carbocycles. The second-order valence-corrected chi connectivity index (χ2v) is 15.7. The Labute approximate surface area is 315 Å². The number of nitrogens with zero attached hydrogens (tertiary/aromatic N) is 1. The first-order chi connectivity index (χ1) is 26.3. The van der Waals surface area contributed by atoms with E-state index in [4.69, 9.17) is 0 Å². The maximum absolute atomic E-state index is 2.49. The molecule has 0 bridgehead atoms. The highest BCUT2D eigenvalue weighted by Gasteiger charge is 2.22. The number of anilines is 3. The third kappa shape index (κ3) is 4.82. The number of hydrogen-bond acceptors (Lipinski definition) is 3. The highest BCUT2D eigenvalue weighted by molar-refractivity contribution is 7.27. The number of rotatable bonds is 5. The average Bonchev–Trinajstić information content (AvgIpc) is 3.81. The minimum absolute atomic E-state index is 1.14. The van der Waals surface area contributed by atoms with E-state index in [1.165, 1.54) is 89.8 Å². The molecule has 0 aliphatic carbocycles. The van der Waals surface area contributed by atoms with E-state index in [9.17, 15) is 0 Å². The number of fused-ring (bicyclic) bond motifs is 9. The first-order valence-electron chi connectivity index (χ1n) is 18.0. The molecule has 0 atom stereocenters. The van der Waals surface area contributed by atoms with Crippen molar-refractivity contribution in [1.82, 2.24) is 0 Å². The third-order valence-corrected chi connectivity index (χ3v) is 13.0. The van der Waals surface area contributed by atoms with Gasteiger partial charge in [0.25, 0.3) is 0 Å². The fourth-order valence-electron chi connectivity index (χ4n) is 8.28. The van der Waals surface area contributed by atoms with Crippen LogP contribution < -0.4 is 4.90 Å². The van der Waals surface area contributed by atoms with Crippen molar-refractivity contribution in [2.75, 3.05) is 4.90 Å². The van der Waals surface area contributed by atoms with Crippen LogP contribution >= 0.6 is 22.7 Å². The van der Waals surface area contributed by atoms with Crippen molar-refractivity contribution in [1.29, 1.82) is 0 Å². The standard InChI is InChI=1S/C50H31NS2/c1-3-15-33(16-4-1)37-22-12-26-45-47(37)41-24-11-23-40(49(41)52-45)42-31-43-48-44(25-13-27-46(48)53-50(43)39-21-10-9-20-38(39)42)51(35-18-5-2-6-19-35)36-29-28-32-14-7-8-17-34(32)30-36/h1-31H. The van der Waals surface area contributed by atoms with Crippen molar-refractivity contribution < 1.29 is 0 Å². The Hall–Kier alpha value is -6.26. The van der Waals surface area contributed by atoms with E-state index in [0.29, 0.717) is 0 Å². The smallest absolute Gasteiger partial charge is 0.0554 e. The van der Waals surface area contributed by atoms with Crippen molar-refractivity contribution >= 4 is 102 Å². The normalized spacial score (nSPS) is 11.8. The highest BCUT2D eigenvalue weighted by atomic mass is 32.1. The zero-order valence-corrected chi connectivity index (χ0v) is 30.3. The third-order valence-electron chi connectivity index (χ3n) is 10.6. The summed E-state index contributed by atoms with van der Waals surface area (Å²) in [5, 5.41) is 10.3. The number of thiophene rings is 2. The zero-order chi connectivity index (χ0) is 34.9. The zero-order valence-electron chi connectivity index (χ0n) is 28.7. The summed E-state index contributed by atoms with van der Waals surface area (Å²) in [7, 11) is 0. The van der Waals surface area contributed by atoms with E-state index >= 15 is 0 Å². The molecule has 3 heteroatoms. The second-order valence-electron chi connectivity index (χ2n) is 13.6. The fraction of sp³-hybridized carbons (Fsp3) is 0. The molecule has 1 nitrogen and oxygen atoms in total. The van der Waals surface area contributed by atoms with Crippen molar-refractivity contribution in [3.8, 4) is 22.3 Å². The Morgan fingerprint density at radius 3 is 1.83 bits per heavy atom. The molecule has 0 fully saturated rings. The Balaban J connectivity index is 1.20. The van der Waals surface area contributed by atoms with E-state index in [-0.39, 0.29) is 0 Å². The molecule has 0 aliphatic rings.